The van der Waals surface area contributed by atoms with Gasteiger partial charge in [-0.3, -0.25) is 9.59 Å². The summed E-state index contributed by atoms with van der Waals surface area (Å²) < 4.78 is 10.6. The van der Waals surface area contributed by atoms with Gasteiger partial charge in [-0.2, -0.15) is 0 Å². The molecule has 0 radical (unpaired) electrons. The zero-order valence-corrected chi connectivity index (χ0v) is 13.1. The minimum Gasteiger partial charge on any atom is -0.493 e. The minimum absolute atomic E-state index is 0.0583. The summed E-state index contributed by atoms with van der Waals surface area (Å²) in [5, 5.41) is 5.72. The maximum atomic E-state index is 12.5. The van der Waals surface area contributed by atoms with Gasteiger partial charge < -0.3 is 25.8 Å². The van der Waals surface area contributed by atoms with Crippen molar-refractivity contribution in [1.82, 2.24) is 5.32 Å². The van der Waals surface area contributed by atoms with E-state index < -0.39 is 0 Å². The van der Waals surface area contributed by atoms with Crippen molar-refractivity contribution in [2.75, 3.05) is 19.0 Å². The number of nitrogens with one attached hydrogen (secondary N) is 2. The summed E-state index contributed by atoms with van der Waals surface area (Å²) >= 11 is 0. The maximum absolute atomic E-state index is 12.5. The third-order valence-electron chi connectivity index (χ3n) is 4.27. The molecule has 1 aliphatic heterocycles. The highest BCUT2D eigenvalue weighted by molar-refractivity contribution is 6.01. The molecule has 0 saturated heterocycles. The fourth-order valence-corrected chi connectivity index (χ4v) is 2.98. The molecule has 2 amide bonds. The number of anilines is 1. The van der Waals surface area contributed by atoms with Crippen molar-refractivity contribution in [3.63, 3.8) is 0 Å². The highest BCUT2D eigenvalue weighted by Gasteiger charge is 2.25. The molecule has 1 aliphatic carbocycles. The van der Waals surface area contributed by atoms with Crippen LogP contribution < -0.4 is 25.8 Å². The van der Waals surface area contributed by atoms with Crippen LogP contribution in [0.2, 0.25) is 0 Å². The van der Waals surface area contributed by atoms with Crippen LogP contribution in [0.15, 0.2) is 12.1 Å². The largest absolute Gasteiger partial charge is 0.493 e. The average molecular weight is 319 g/mol. The highest BCUT2D eigenvalue weighted by Crippen LogP contribution is 2.38. The Morgan fingerprint density at radius 3 is 2.78 bits per heavy atom. The van der Waals surface area contributed by atoms with Gasteiger partial charge in [-0.1, -0.05) is 0 Å². The summed E-state index contributed by atoms with van der Waals surface area (Å²) in [5.41, 5.74) is 6.77. The number of benzene rings is 1. The molecule has 7 nitrogen and oxygen atoms in total. The number of amides is 2. The van der Waals surface area contributed by atoms with E-state index in [0.29, 0.717) is 22.7 Å². The number of fused-ring (bicyclic) bond motifs is 1. The predicted octanol–water partition coefficient (Wildman–Crippen LogP) is 1.03. The summed E-state index contributed by atoms with van der Waals surface area (Å²) in [6.07, 6.45) is 3.61. The smallest absolute Gasteiger partial charge is 0.262 e. The van der Waals surface area contributed by atoms with E-state index >= 15 is 0 Å². The van der Waals surface area contributed by atoms with E-state index in [1.54, 1.807) is 12.1 Å². The SMILES string of the molecule is COc1cc(C(=O)NC2CCC(N)CC2)cc2c1OCC(=O)N2. The topological polar surface area (TPSA) is 103 Å². The lowest BCUT2D eigenvalue weighted by Crippen LogP contribution is -2.40. The van der Waals surface area contributed by atoms with E-state index in [2.05, 4.69) is 10.6 Å². The van der Waals surface area contributed by atoms with E-state index in [-0.39, 0.29) is 30.5 Å². The van der Waals surface area contributed by atoms with Crippen molar-refractivity contribution in [1.29, 1.82) is 0 Å². The van der Waals surface area contributed by atoms with Crippen LogP contribution >= 0.6 is 0 Å². The van der Waals surface area contributed by atoms with Crippen LogP contribution in [-0.2, 0) is 4.79 Å². The number of carbonyl (C=O) groups is 2. The second-order valence-corrected chi connectivity index (χ2v) is 5.98. The van der Waals surface area contributed by atoms with Crippen molar-refractivity contribution in [3.8, 4) is 11.5 Å². The Balaban J connectivity index is 1.78. The summed E-state index contributed by atoms with van der Waals surface area (Å²) in [7, 11) is 1.50. The Hall–Kier alpha value is -2.28. The molecule has 1 saturated carbocycles. The Morgan fingerprint density at radius 2 is 2.09 bits per heavy atom. The van der Waals surface area contributed by atoms with Crippen molar-refractivity contribution in [2.24, 2.45) is 5.73 Å². The number of ether oxygens (including phenoxy) is 2. The van der Waals surface area contributed by atoms with Crippen LogP contribution in [0.4, 0.5) is 5.69 Å². The number of hydrogen-bond donors (Lipinski definition) is 3. The summed E-state index contributed by atoms with van der Waals surface area (Å²) in [5.74, 6) is 0.440. The van der Waals surface area contributed by atoms with E-state index in [9.17, 15) is 9.59 Å². The molecule has 7 heteroatoms. The van der Waals surface area contributed by atoms with Crippen LogP contribution in [-0.4, -0.2) is 37.6 Å². The third-order valence-corrected chi connectivity index (χ3v) is 4.27. The fourth-order valence-electron chi connectivity index (χ4n) is 2.98. The lowest BCUT2D eigenvalue weighted by atomic mass is 9.91. The second kappa shape index (κ2) is 6.45. The molecule has 0 atom stereocenters. The standard InChI is InChI=1S/C16H21N3O4/c1-22-13-7-9(6-12-15(13)23-8-14(20)19-12)16(21)18-11-4-2-10(17)3-5-11/h6-7,10-11H,2-5,8,17H2,1H3,(H,18,21)(H,19,20). The number of rotatable bonds is 3. The van der Waals surface area contributed by atoms with Crippen LogP contribution in [0, 0.1) is 0 Å². The first-order valence-electron chi connectivity index (χ1n) is 7.78. The lowest BCUT2D eigenvalue weighted by Gasteiger charge is -2.27. The number of carbonyl (C=O) groups excluding carboxylic acids is 2. The van der Waals surface area contributed by atoms with Crippen molar-refractivity contribution in [2.45, 2.75) is 37.8 Å². The zero-order valence-electron chi connectivity index (χ0n) is 13.1. The average Bonchev–Trinajstić information content (AvgIpc) is 2.55. The molecule has 1 aromatic rings. The van der Waals surface area contributed by atoms with Gasteiger partial charge in [-0.25, -0.2) is 0 Å². The van der Waals surface area contributed by atoms with E-state index in [4.69, 9.17) is 15.2 Å². The van der Waals surface area contributed by atoms with E-state index in [1.807, 2.05) is 0 Å². The summed E-state index contributed by atoms with van der Waals surface area (Å²) in [6.45, 7) is -0.0583. The van der Waals surface area contributed by atoms with Gasteiger partial charge in [0.25, 0.3) is 11.8 Å². The molecule has 1 aromatic carbocycles. The van der Waals surface area contributed by atoms with Gasteiger partial charge in [0.1, 0.15) is 0 Å². The van der Waals surface area contributed by atoms with Gasteiger partial charge in [0.15, 0.2) is 18.1 Å². The molecule has 2 aliphatic rings. The van der Waals surface area contributed by atoms with Gasteiger partial charge in [0, 0.05) is 17.6 Å². The molecule has 0 aromatic heterocycles. The monoisotopic (exact) mass is 319 g/mol. The zero-order chi connectivity index (χ0) is 16.4. The first-order chi connectivity index (χ1) is 11.1. The Kier molecular flexibility index (Phi) is 4.38. The third kappa shape index (κ3) is 3.39. The summed E-state index contributed by atoms with van der Waals surface area (Å²) in [4.78, 5) is 23.9. The predicted molar refractivity (Wildman–Crippen MR) is 84.8 cm³/mol. The molecule has 23 heavy (non-hydrogen) atoms. The quantitative estimate of drug-likeness (QED) is 0.772. The summed E-state index contributed by atoms with van der Waals surface area (Å²) in [6, 6.07) is 3.61. The number of hydrogen-bond acceptors (Lipinski definition) is 5. The molecule has 1 fully saturated rings. The van der Waals surface area contributed by atoms with Gasteiger partial charge in [-0.05, 0) is 37.8 Å². The number of nitrogens with two attached hydrogens (primary N) is 1. The molecular formula is C16H21N3O4. The maximum Gasteiger partial charge on any atom is 0.262 e. The van der Waals surface area contributed by atoms with Crippen LogP contribution in [0.25, 0.3) is 0 Å². The van der Waals surface area contributed by atoms with Crippen LogP contribution in [0.1, 0.15) is 36.0 Å². The Labute approximate surface area is 134 Å². The highest BCUT2D eigenvalue weighted by atomic mass is 16.5. The normalized spacial score (nSPS) is 23.3. The van der Waals surface area contributed by atoms with Crippen molar-refractivity contribution < 1.29 is 19.1 Å². The van der Waals surface area contributed by atoms with Gasteiger partial charge in [-0.15, -0.1) is 0 Å². The molecule has 0 spiro atoms. The molecular weight excluding hydrogens is 298 g/mol. The second-order valence-electron chi connectivity index (χ2n) is 5.98. The van der Waals surface area contributed by atoms with Crippen LogP contribution in [0.5, 0.6) is 11.5 Å². The van der Waals surface area contributed by atoms with E-state index in [0.717, 1.165) is 25.7 Å². The van der Waals surface area contributed by atoms with Gasteiger partial charge in [0.2, 0.25) is 0 Å². The van der Waals surface area contributed by atoms with E-state index in [1.165, 1.54) is 7.11 Å². The molecule has 3 rings (SSSR count). The minimum atomic E-state index is -0.252. The fraction of sp³-hybridized carbons (Fsp3) is 0.500. The molecule has 0 unspecified atom stereocenters. The van der Waals surface area contributed by atoms with Crippen molar-refractivity contribution >= 4 is 17.5 Å². The van der Waals surface area contributed by atoms with Gasteiger partial charge >= 0.3 is 0 Å². The van der Waals surface area contributed by atoms with Crippen molar-refractivity contribution in [3.05, 3.63) is 17.7 Å². The molecule has 4 N–H and O–H groups in total. The Bertz CT molecular complexity index is 624. The lowest BCUT2D eigenvalue weighted by molar-refractivity contribution is -0.118. The van der Waals surface area contributed by atoms with Crippen LogP contribution in [0.3, 0.4) is 0 Å². The molecule has 1 heterocycles. The van der Waals surface area contributed by atoms with Gasteiger partial charge in [0.05, 0.1) is 12.8 Å². The first-order valence-corrected chi connectivity index (χ1v) is 7.78. The Morgan fingerprint density at radius 1 is 1.35 bits per heavy atom. The molecule has 0 bridgehead atoms. The molecule has 124 valence electrons. The number of methoxy groups -OCH3 is 1. The first kappa shape index (κ1) is 15.6.